The Bertz CT molecular complexity index is 436. The topological polar surface area (TPSA) is 26.0 Å². The number of nitrogens with two attached hydrogens (primary N) is 1. The van der Waals surface area contributed by atoms with Crippen molar-refractivity contribution in [2.75, 3.05) is 0 Å². The van der Waals surface area contributed by atoms with Crippen LogP contribution in [0.15, 0.2) is 54.6 Å². The summed E-state index contributed by atoms with van der Waals surface area (Å²) in [5.41, 5.74) is 8.51. The molecule has 0 amide bonds. The molecule has 0 aliphatic rings. The summed E-state index contributed by atoms with van der Waals surface area (Å²) in [7, 11) is 0. The van der Waals surface area contributed by atoms with Gasteiger partial charge in [-0.15, -0.1) is 0 Å². The summed E-state index contributed by atoms with van der Waals surface area (Å²) in [4.78, 5) is 0. The Hall–Kier alpha value is -1.31. The number of halogens is 1. The minimum atomic E-state index is 0.0275. The Morgan fingerprint density at radius 3 is 2.19 bits per heavy atom. The molecule has 0 heterocycles. The van der Waals surface area contributed by atoms with Crippen LogP contribution in [0.1, 0.15) is 17.2 Å². The first-order valence-electron chi connectivity index (χ1n) is 5.30. The van der Waals surface area contributed by atoms with Crippen LogP contribution in [-0.2, 0) is 6.42 Å². The lowest BCUT2D eigenvalue weighted by Crippen LogP contribution is -2.13. The Morgan fingerprint density at radius 2 is 1.56 bits per heavy atom. The number of hydrogen-bond donors (Lipinski definition) is 1. The van der Waals surface area contributed by atoms with Gasteiger partial charge in [0.2, 0.25) is 0 Å². The van der Waals surface area contributed by atoms with Crippen LogP contribution >= 0.6 is 11.6 Å². The number of hydrogen-bond acceptors (Lipinski definition) is 1. The first-order chi connectivity index (χ1) is 7.75. The molecule has 2 aromatic carbocycles. The fraction of sp³-hybridized carbons (Fsp3) is 0.143. The lowest BCUT2D eigenvalue weighted by Gasteiger charge is -2.12. The molecule has 1 atom stereocenters. The van der Waals surface area contributed by atoms with Crippen LogP contribution in [0.25, 0.3) is 0 Å². The molecule has 2 heteroatoms. The SMILES string of the molecule is NC(Cc1ccccc1)c1ccc(Cl)cc1. The maximum atomic E-state index is 6.13. The summed E-state index contributed by atoms with van der Waals surface area (Å²) in [6.45, 7) is 0. The molecule has 1 nitrogen and oxygen atoms in total. The molecule has 82 valence electrons. The lowest BCUT2D eigenvalue weighted by atomic mass is 10.00. The van der Waals surface area contributed by atoms with Crippen molar-refractivity contribution >= 4 is 11.6 Å². The van der Waals surface area contributed by atoms with Crippen molar-refractivity contribution in [1.82, 2.24) is 0 Å². The summed E-state index contributed by atoms with van der Waals surface area (Å²) < 4.78 is 0. The van der Waals surface area contributed by atoms with Gasteiger partial charge in [0.25, 0.3) is 0 Å². The van der Waals surface area contributed by atoms with Gasteiger partial charge in [-0.25, -0.2) is 0 Å². The molecule has 0 aliphatic carbocycles. The zero-order valence-electron chi connectivity index (χ0n) is 8.94. The van der Waals surface area contributed by atoms with Gasteiger partial charge in [0.15, 0.2) is 0 Å². The molecule has 2 rings (SSSR count). The largest absolute Gasteiger partial charge is 0.324 e. The zero-order valence-corrected chi connectivity index (χ0v) is 9.69. The molecule has 0 fully saturated rings. The molecule has 2 aromatic rings. The van der Waals surface area contributed by atoms with E-state index in [2.05, 4.69) is 12.1 Å². The summed E-state index contributed by atoms with van der Waals surface area (Å²) in [6, 6.07) is 18.0. The maximum Gasteiger partial charge on any atom is 0.0406 e. The van der Waals surface area contributed by atoms with Crippen molar-refractivity contribution in [2.24, 2.45) is 5.73 Å². The molecule has 0 bridgehead atoms. The van der Waals surface area contributed by atoms with Gasteiger partial charge in [0, 0.05) is 11.1 Å². The highest BCUT2D eigenvalue weighted by Gasteiger charge is 2.06. The predicted molar refractivity (Wildman–Crippen MR) is 68.5 cm³/mol. The summed E-state index contributed by atoms with van der Waals surface area (Å²) in [5, 5.41) is 0.746. The molecular formula is C14H14ClN. The normalized spacial score (nSPS) is 12.4. The lowest BCUT2D eigenvalue weighted by molar-refractivity contribution is 0.722. The molecule has 16 heavy (non-hydrogen) atoms. The number of rotatable bonds is 3. The minimum Gasteiger partial charge on any atom is -0.324 e. The smallest absolute Gasteiger partial charge is 0.0406 e. The van der Waals surface area contributed by atoms with Crippen LogP contribution in [-0.4, -0.2) is 0 Å². The van der Waals surface area contributed by atoms with Gasteiger partial charge in [0.1, 0.15) is 0 Å². The van der Waals surface area contributed by atoms with Crippen LogP contribution in [0.3, 0.4) is 0 Å². The van der Waals surface area contributed by atoms with Crippen LogP contribution in [0.5, 0.6) is 0 Å². The molecular weight excluding hydrogens is 218 g/mol. The Balaban J connectivity index is 2.09. The van der Waals surface area contributed by atoms with Gasteiger partial charge in [-0.1, -0.05) is 54.1 Å². The first-order valence-corrected chi connectivity index (χ1v) is 5.68. The summed E-state index contributed by atoms with van der Waals surface area (Å²) >= 11 is 5.84. The van der Waals surface area contributed by atoms with Crippen molar-refractivity contribution < 1.29 is 0 Å². The van der Waals surface area contributed by atoms with Crippen molar-refractivity contribution in [1.29, 1.82) is 0 Å². The maximum absolute atomic E-state index is 6.13. The van der Waals surface area contributed by atoms with E-state index in [9.17, 15) is 0 Å². The average Bonchev–Trinajstić information content (AvgIpc) is 2.31. The third-order valence-electron chi connectivity index (χ3n) is 2.60. The average molecular weight is 232 g/mol. The van der Waals surface area contributed by atoms with Crippen molar-refractivity contribution in [2.45, 2.75) is 12.5 Å². The van der Waals surface area contributed by atoms with E-state index in [1.807, 2.05) is 42.5 Å². The van der Waals surface area contributed by atoms with Gasteiger partial charge < -0.3 is 5.73 Å². The van der Waals surface area contributed by atoms with E-state index in [4.69, 9.17) is 17.3 Å². The van der Waals surface area contributed by atoms with E-state index in [-0.39, 0.29) is 6.04 Å². The van der Waals surface area contributed by atoms with E-state index in [0.29, 0.717) is 0 Å². The second-order valence-corrected chi connectivity index (χ2v) is 4.28. The Labute approximate surface area is 101 Å². The van der Waals surface area contributed by atoms with Crippen LogP contribution in [0, 0.1) is 0 Å². The Kier molecular flexibility index (Phi) is 3.60. The monoisotopic (exact) mass is 231 g/mol. The summed E-state index contributed by atoms with van der Waals surface area (Å²) in [5.74, 6) is 0. The Morgan fingerprint density at radius 1 is 0.938 bits per heavy atom. The highest BCUT2D eigenvalue weighted by molar-refractivity contribution is 6.30. The van der Waals surface area contributed by atoms with E-state index in [1.54, 1.807) is 0 Å². The van der Waals surface area contributed by atoms with E-state index in [1.165, 1.54) is 5.56 Å². The molecule has 0 saturated heterocycles. The summed E-state index contributed by atoms with van der Waals surface area (Å²) in [6.07, 6.45) is 0.850. The van der Waals surface area contributed by atoms with E-state index >= 15 is 0 Å². The quantitative estimate of drug-likeness (QED) is 0.859. The van der Waals surface area contributed by atoms with Crippen LogP contribution in [0.4, 0.5) is 0 Å². The molecule has 0 aromatic heterocycles. The molecule has 0 spiro atoms. The minimum absolute atomic E-state index is 0.0275. The van der Waals surface area contributed by atoms with E-state index < -0.39 is 0 Å². The fourth-order valence-corrected chi connectivity index (χ4v) is 1.82. The predicted octanol–water partition coefficient (Wildman–Crippen LogP) is 3.58. The highest BCUT2D eigenvalue weighted by atomic mass is 35.5. The third-order valence-corrected chi connectivity index (χ3v) is 2.85. The van der Waals surface area contributed by atoms with Gasteiger partial charge in [-0.05, 0) is 29.7 Å². The molecule has 1 unspecified atom stereocenters. The standard InChI is InChI=1S/C14H14ClN/c15-13-8-6-12(7-9-13)14(16)10-11-4-2-1-3-5-11/h1-9,14H,10,16H2. The van der Waals surface area contributed by atoms with Crippen LogP contribution in [0.2, 0.25) is 5.02 Å². The third kappa shape index (κ3) is 2.84. The fourth-order valence-electron chi connectivity index (χ4n) is 1.70. The van der Waals surface area contributed by atoms with Gasteiger partial charge in [-0.2, -0.15) is 0 Å². The second kappa shape index (κ2) is 5.15. The zero-order chi connectivity index (χ0) is 11.4. The van der Waals surface area contributed by atoms with Crippen LogP contribution < -0.4 is 5.73 Å². The first kappa shape index (κ1) is 11.2. The highest BCUT2D eigenvalue weighted by Crippen LogP contribution is 2.18. The van der Waals surface area contributed by atoms with Gasteiger partial charge >= 0.3 is 0 Å². The van der Waals surface area contributed by atoms with Crippen molar-refractivity contribution in [3.8, 4) is 0 Å². The molecule has 0 saturated carbocycles. The second-order valence-electron chi connectivity index (χ2n) is 3.85. The van der Waals surface area contributed by atoms with Gasteiger partial charge in [-0.3, -0.25) is 0 Å². The molecule has 2 N–H and O–H groups in total. The molecule has 0 aliphatic heterocycles. The van der Waals surface area contributed by atoms with Gasteiger partial charge in [0.05, 0.1) is 0 Å². The van der Waals surface area contributed by atoms with Crippen molar-refractivity contribution in [3.63, 3.8) is 0 Å². The van der Waals surface area contributed by atoms with E-state index in [0.717, 1.165) is 17.0 Å². The van der Waals surface area contributed by atoms with Crippen molar-refractivity contribution in [3.05, 3.63) is 70.7 Å². The number of benzene rings is 2. The molecule has 0 radical (unpaired) electrons.